The summed E-state index contributed by atoms with van der Waals surface area (Å²) >= 11 is 6.74. The van der Waals surface area contributed by atoms with Crippen LogP contribution in [-0.4, -0.2) is 33.5 Å². The Hall–Kier alpha value is -3.75. The van der Waals surface area contributed by atoms with Crippen molar-refractivity contribution in [3.63, 3.8) is 0 Å². The Kier molecular flexibility index (Phi) is 6.59. The second-order valence-electron chi connectivity index (χ2n) is 11.9. The lowest BCUT2D eigenvalue weighted by atomic mass is 9.53. The number of hydrogen-bond acceptors (Lipinski definition) is 8. The van der Waals surface area contributed by atoms with E-state index in [2.05, 4.69) is 37.6 Å². The maximum Gasteiger partial charge on any atom is 0.262 e. The zero-order valence-electron chi connectivity index (χ0n) is 22.9. The fourth-order valence-electron chi connectivity index (χ4n) is 6.71. The van der Waals surface area contributed by atoms with Crippen LogP contribution in [0.15, 0.2) is 42.4 Å². The van der Waals surface area contributed by atoms with Crippen molar-refractivity contribution < 1.29 is 13.2 Å². The van der Waals surface area contributed by atoms with Gasteiger partial charge in [-0.3, -0.25) is 9.99 Å². The highest BCUT2D eigenvalue weighted by atomic mass is 35.5. The fourth-order valence-corrected chi connectivity index (χ4v) is 6.97. The first-order valence-electron chi connectivity index (χ1n) is 14.2. The summed E-state index contributed by atoms with van der Waals surface area (Å²) in [6, 6.07) is 8.14. The summed E-state index contributed by atoms with van der Waals surface area (Å²) in [5.74, 6) is 1.60. The van der Waals surface area contributed by atoms with Crippen LogP contribution in [-0.2, 0) is 0 Å². The third kappa shape index (κ3) is 4.48. The third-order valence-electron chi connectivity index (χ3n) is 9.54. The number of aryl methyl sites for hydroxylation is 1. The smallest absolute Gasteiger partial charge is 0.262 e. The molecule has 3 unspecified atom stereocenters. The number of pyridine rings is 2. The summed E-state index contributed by atoms with van der Waals surface area (Å²) in [6.07, 6.45) is 5.17. The van der Waals surface area contributed by atoms with E-state index in [1.807, 2.05) is 6.07 Å². The molecule has 3 fully saturated rings. The van der Waals surface area contributed by atoms with Gasteiger partial charge in [0.25, 0.3) is 6.43 Å². The first kappa shape index (κ1) is 27.1. The van der Waals surface area contributed by atoms with E-state index < -0.39 is 24.0 Å². The topological polar surface area (TPSA) is 101 Å². The van der Waals surface area contributed by atoms with Crippen molar-refractivity contribution in [1.29, 1.82) is 5.26 Å². The predicted octanol–water partition coefficient (Wildman–Crippen LogP) is 6.18. The van der Waals surface area contributed by atoms with Crippen LogP contribution >= 0.6 is 11.6 Å². The summed E-state index contributed by atoms with van der Waals surface area (Å²) in [4.78, 5) is 8.46. The molecule has 3 aliphatic carbocycles. The fraction of sp³-hybridized carbons (Fsp3) is 0.433. The number of halogens is 4. The van der Waals surface area contributed by atoms with Gasteiger partial charge < -0.3 is 16.1 Å². The molecule has 12 heteroatoms. The van der Waals surface area contributed by atoms with Crippen molar-refractivity contribution in [2.24, 2.45) is 17.8 Å². The van der Waals surface area contributed by atoms with Gasteiger partial charge in [0.15, 0.2) is 0 Å². The molecular formula is C30H30ClF3N8. The van der Waals surface area contributed by atoms with Crippen LogP contribution < -0.4 is 21.6 Å². The van der Waals surface area contributed by atoms with Crippen molar-refractivity contribution >= 4 is 33.9 Å². The molecule has 0 radical (unpaired) electrons. The number of alkyl halides is 2. The molecule has 3 saturated carbocycles. The second kappa shape index (κ2) is 10.2. The highest BCUT2D eigenvalue weighted by Gasteiger charge is 2.56. The van der Waals surface area contributed by atoms with Gasteiger partial charge in [-0.1, -0.05) is 17.7 Å². The molecule has 3 heterocycles. The number of nitrogens with zero attached hydrogens (tertiary/aromatic N) is 4. The average Bonchev–Trinajstić information content (AvgIpc) is 3.63. The number of anilines is 2. The highest BCUT2D eigenvalue weighted by Crippen LogP contribution is 2.54. The van der Waals surface area contributed by atoms with Gasteiger partial charge in [-0.2, -0.15) is 9.65 Å². The average molecular weight is 595 g/mol. The molecule has 0 amide bonds. The van der Waals surface area contributed by atoms with Gasteiger partial charge in [-0.15, -0.1) is 5.53 Å². The van der Waals surface area contributed by atoms with Crippen molar-refractivity contribution in [1.82, 2.24) is 25.9 Å². The van der Waals surface area contributed by atoms with Crippen LogP contribution in [0.25, 0.3) is 10.9 Å². The number of aromatic nitrogens is 2. The minimum absolute atomic E-state index is 0.366. The normalized spacial score (nSPS) is 24.2. The lowest BCUT2D eigenvalue weighted by molar-refractivity contribution is -0.0170. The molecule has 0 spiro atoms. The number of nitriles is 1. The standard InChI is InChI=1S/C30H30ClF3N8/c1-15-20(4-5-25(32)38-15)28(24-14-42(41-40-24)30(6-7-30)29(33)34)39-19-9-22-26(36-12-17-8-16-2-3-21(16)17)18(11-35)13-37-27(22)23(31)10-19/h4-5,9-10,13-14,16-17,21,28-29,39-41H,2-3,6-8,12H2,1H3,(H,36,37)/t16?,17?,21?,28-/m0/s1. The van der Waals surface area contributed by atoms with Gasteiger partial charge in [0.1, 0.15) is 11.6 Å². The number of fused-ring (bicyclic) bond motifs is 2. The van der Waals surface area contributed by atoms with Gasteiger partial charge in [0.2, 0.25) is 5.95 Å². The summed E-state index contributed by atoms with van der Waals surface area (Å²) in [6.45, 7) is 2.47. The molecule has 1 aliphatic heterocycles. The highest BCUT2D eigenvalue weighted by molar-refractivity contribution is 6.35. The molecule has 8 nitrogen and oxygen atoms in total. The SMILES string of the molecule is Cc1nc(F)ccc1[C@H](Nc1cc(Cl)c2ncc(C#N)c(NCC3CC4CCC43)c2c1)C1=CN(C2(C(F)F)CC2)NN1. The summed E-state index contributed by atoms with van der Waals surface area (Å²) in [5.41, 5.74) is 8.57. The van der Waals surface area contributed by atoms with Crippen LogP contribution in [0, 0.1) is 42.0 Å². The number of benzene rings is 1. The second-order valence-corrected chi connectivity index (χ2v) is 12.3. The Balaban J connectivity index is 1.25. The van der Waals surface area contributed by atoms with Crippen molar-refractivity contribution in [3.8, 4) is 6.07 Å². The van der Waals surface area contributed by atoms with Crippen molar-refractivity contribution in [2.45, 2.75) is 57.0 Å². The van der Waals surface area contributed by atoms with E-state index in [9.17, 15) is 18.4 Å². The molecule has 4 atom stereocenters. The minimum Gasteiger partial charge on any atom is -0.383 e. The van der Waals surface area contributed by atoms with Gasteiger partial charge >= 0.3 is 0 Å². The Morgan fingerprint density at radius 2 is 2.10 bits per heavy atom. The van der Waals surface area contributed by atoms with E-state index in [1.54, 1.807) is 25.3 Å². The van der Waals surface area contributed by atoms with Gasteiger partial charge in [-0.25, -0.2) is 13.8 Å². The molecule has 7 rings (SSSR count). The molecule has 2 aromatic heterocycles. The quantitative estimate of drug-likeness (QED) is 0.218. The molecule has 4 aliphatic rings. The monoisotopic (exact) mass is 594 g/mol. The maximum absolute atomic E-state index is 14.0. The number of hydrazine groups is 2. The Labute approximate surface area is 246 Å². The summed E-state index contributed by atoms with van der Waals surface area (Å²) in [7, 11) is 0. The number of hydrogen-bond donors (Lipinski definition) is 4. The minimum atomic E-state index is -2.52. The Bertz CT molecular complexity index is 1640. The lowest BCUT2D eigenvalue weighted by Crippen LogP contribution is -2.48. The molecule has 3 aromatic rings. The zero-order chi connectivity index (χ0) is 29.2. The Morgan fingerprint density at radius 1 is 1.26 bits per heavy atom. The maximum atomic E-state index is 14.0. The lowest BCUT2D eigenvalue weighted by Gasteiger charge is -2.53. The predicted molar refractivity (Wildman–Crippen MR) is 154 cm³/mol. The molecule has 218 valence electrons. The number of nitrogens with one attached hydrogen (secondary N) is 4. The van der Waals surface area contributed by atoms with Crippen LogP contribution in [0.5, 0.6) is 0 Å². The third-order valence-corrected chi connectivity index (χ3v) is 9.82. The number of rotatable bonds is 9. The van der Waals surface area contributed by atoms with E-state index in [4.69, 9.17) is 11.6 Å². The van der Waals surface area contributed by atoms with E-state index >= 15 is 0 Å². The van der Waals surface area contributed by atoms with E-state index in [-0.39, 0.29) is 0 Å². The molecular weight excluding hydrogens is 565 g/mol. The first-order chi connectivity index (χ1) is 20.3. The van der Waals surface area contributed by atoms with Crippen LogP contribution in [0.4, 0.5) is 24.5 Å². The zero-order valence-corrected chi connectivity index (χ0v) is 23.7. The van der Waals surface area contributed by atoms with Crippen LogP contribution in [0.1, 0.15) is 55.0 Å². The van der Waals surface area contributed by atoms with Gasteiger partial charge in [0, 0.05) is 41.3 Å². The summed E-state index contributed by atoms with van der Waals surface area (Å²) in [5, 5.41) is 19.4. The van der Waals surface area contributed by atoms with E-state index in [0.29, 0.717) is 68.6 Å². The summed E-state index contributed by atoms with van der Waals surface area (Å²) < 4.78 is 41.7. The molecule has 42 heavy (non-hydrogen) atoms. The largest absolute Gasteiger partial charge is 0.383 e. The van der Waals surface area contributed by atoms with Crippen molar-refractivity contribution in [2.75, 3.05) is 17.2 Å². The molecule has 0 saturated heterocycles. The van der Waals surface area contributed by atoms with Crippen LogP contribution in [0.2, 0.25) is 5.02 Å². The van der Waals surface area contributed by atoms with Gasteiger partial charge in [0.05, 0.1) is 33.5 Å². The molecule has 0 bridgehead atoms. The Morgan fingerprint density at radius 3 is 2.74 bits per heavy atom. The van der Waals surface area contributed by atoms with E-state index in [1.165, 1.54) is 36.5 Å². The molecule has 4 N–H and O–H groups in total. The van der Waals surface area contributed by atoms with Gasteiger partial charge in [-0.05, 0) is 75.0 Å². The molecule has 1 aromatic carbocycles. The first-order valence-corrected chi connectivity index (χ1v) is 14.6. The van der Waals surface area contributed by atoms with E-state index in [0.717, 1.165) is 18.4 Å². The van der Waals surface area contributed by atoms with Crippen LogP contribution in [0.3, 0.4) is 0 Å². The van der Waals surface area contributed by atoms with Crippen molar-refractivity contribution in [3.05, 3.63) is 70.2 Å².